The number of aldehydes is 1. The van der Waals surface area contributed by atoms with Crippen LogP contribution >= 0.6 is 0 Å². The van der Waals surface area contributed by atoms with Gasteiger partial charge in [-0.15, -0.1) is 0 Å². The number of aromatic amines is 1. The highest BCUT2D eigenvalue weighted by molar-refractivity contribution is 6.25. The first-order valence-corrected chi connectivity index (χ1v) is 39.9. The Morgan fingerprint density at radius 1 is 0.522 bits per heavy atom. The Morgan fingerprint density at radius 3 is 1.55 bits per heavy atom. The topological polar surface area (TPSA) is 348 Å². The maximum Gasteiger partial charge on any atom is 0.262 e. The molecule has 8 fully saturated rings. The molecule has 2 unspecified atom stereocenters. The highest BCUT2D eigenvalue weighted by Gasteiger charge is 2.52. The molecule has 2 spiro atoms. The van der Waals surface area contributed by atoms with Crippen molar-refractivity contribution in [3.8, 4) is 34.4 Å². The minimum atomic E-state index is -1.00. The molecule has 602 valence electrons. The van der Waals surface area contributed by atoms with Crippen molar-refractivity contribution in [3.05, 3.63) is 137 Å². The second kappa shape index (κ2) is 32.7. The largest absolute Gasteiger partial charge is 0.492 e. The van der Waals surface area contributed by atoms with Crippen LogP contribution in [0.1, 0.15) is 125 Å². The van der Waals surface area contributed by atoms with Gasteiger partial charge in [0.1, 0.15) is 78.3 Å². The molecule has 32 heteroatoms. The fourth-order valence-electron chi connectivity index (χ4n) is 17.8. The maximum absolute atomic E-state index is 13.1. The number of benzene rings is 4. The number of rotatable bonds is 23. The number of carbonyl (C=O) groups is 9. The van der Waals surface area contributed by atoms with E-state index < -0.39 is 59.3 Å². The Bertz CT molecular complexity index is 4990. The zero-order valence-electron chi connectivity index (χ0n) is 65.7. The molecule has 8 amide bonds. The first kappa shape index (κ1) is 77.9. The number of aromatic nitrogens is 6. The van der Waals surface area contributed by atoms with Crippen molar-refractivity contribution in [1.82, 2.24) is 80.4 Å². The van der Waals surface area contributed by atoms with Crippen molar-refractivity contribution >= 4 is 81.8 Å². The number of nitrogens with one attached hydrogen (secondary N) is 4. The Hall–Kier alpha value is -11.0. The zero-order chi connectivity index (χ0) is 80.0. The summed E-state index contributed by atoms with van der Waals surface area (Å²) in [4.78, 5) is 151. The molecule has 18 rings (SSSR count). The Balaban J connectivity index is 0.000000145. The average Bonchev–Trinajstić information content (AvgIpc) is 1.52. The van der Waals surface area contributed by atoms with Crippen LogP contribution in [0.15, 0.2) is 103 Å². The van der Waals surface area contributed by atoms with Crippen LogP contribution in [-0.2, 0) is 30.5 Å². The molecule has 7 aromatic rings. The second-order valence-corrected chi connectivity index (χ2v) is 32.7. The van der Waals surface area contributed by atoms with Crippen molar-refractivity contribution in [2.75, 3.05) is 147 Å². The van der Waals surface area contributed by atoms with Gasteiger partial charge in [-0.05, 0) is 127 Å². The first-order chi connectivity index (χ1) is 55.5. The summed E-state index contributed by atoms with van der Waals surface area (Å²) < 4.78 is 23.0. The van der Waals surface area contributed by atoms with Crippen LogP contribution < -0.4 is 44.7 Å². The summed E-state index contributed by atoms with van der Waals surface area (Å²) in [6.07, 6.45) is 4.50. The molecule has 0 radical (unpaired) electrons. The van der Waals surface area contributed by atoms with E-state index in [1.807, 2.05) is 52.0 Å². The number of ether oxygens (including phenoxy) is 4. The third-order valence-corrected chi connectivity index (χ3v) is 23.6. The second-order valence-electron chi connectivity index (χ2n) is 32.7. The number of imide groups is 4. The van der Waals surface area contributed by atoms with Crippen molar-refractivity contribution in [3.63, 3.8) is 0 Å². The summed E-state index contributed by atoms with van der Waals surface area (Å²) in [6, 6.07) is 24.4. The molecule has 11 aliphatic heterocycles. The van der Waals surface area contributed by atoms with E-state index in [0.717, 1.165) is 164 Å². The van der Waals surface area contributed by atoms with Crippen molar-refractivity contribution in [1.29, 1.82) is 0 Å². The van der Waals surface area contributed by atoms with E-state index in [2.05, 4.69) is 118 Å². The number of piperazine rings is 2. The van der Waals surface area contributed by atoms with Gasteiger partial charge in [-0.1, -0.05) is 6.07 Å². The molecule has 115 heavy (non-hydrogen) atoms. The van der Waals surface area contributed by atoms with Gasteiger partial charge >= 0.3 is 0 Å². The van der Waals surface area contributed by atoms with Gasteiger partial charge in [0.25, 0.3) is 23.6 Å². The molecule has 0 saturated carbocycles. The number of hydrogen-bond acceptors (Lipinski definition) is 27. The van der Waals surface area contributed by atoms with Crippen LogP contribution in [0.5, 0.6) is 23.0 Å². The number of carbonyl (C=O) groups excluding carboxylic acids is 9. The van der Waals surface area contributed by atoms with E-state index in [0.29, 0.717) is 48.1 Å². The van der Waals surface area contributed by atoms with E-state index in [4.69, 9.17) is 23.9 Å². The number of amides is 8. The van der Waals surface area contributed by atoms with Crippen molar-refractivity contribution < 1.29 is 62.1 Å². The first-order valence-electron chi connectivity index (χ1n) is 39.9. The highest BCUT2D eigenvalue weighted by Crippen LogP contribution is 2.41. The van der Waals surface area contributed by atoms with Gasteiger partial charge in [0.05, 0.1) is 63.6 Å². The number of likely N-dealkylation sites (tertiary alicyclic amines) is 3. The fraction of sp³-hybridized carbons (Fsp3) is 0.482. The third kappa shape index (κ3) is 16.4. The lowest BCUT2D eigenvalue weighted by Crippen LogP contribution is -2.72. The number of H-pyrrole nitrogens is 1. The molecule has 8 saturated heterocycles. The van der Waals surface area contributed by atoms with Gasteiger partial charge in [-0.25, -0.2) is 19.9 Å². The normalized spacial score (nSPS) is 22.5. The van der Waals surface area contributed by atoms with E-state index in [1.54, 1.807) is 30.9 Å². The Morgan fingerprint density at radius 2 is 1.02 bits per heavy atom. The predicted molar refractivity (Wildman–Crippen MR) is 423 cm³/mol. The minimum absolute atomic E-state index is 0.0670. The lowest BCUT2D eigenvalue weighted by molar-refractivity contribution is -0.137. The molecule has 4 N–H and O–H groups in total. The fourth-order valence-corrected chi connectivity index (χ4v) is 17.8. The molecule has 3 aromatic heterocycles. The quantitative estimate of drug-likeness (QED) is 0.0517. The third-order valence-electron chi connectivity index (χ3n) is 23.6. The van der Waals surface area contributed by atoms with E-state index in [1.165, 1.54) is 56.5 Å². The number of anilines is 2. The number of nitrogens with zero attached hydrogens (tertiary/aromatic N) is 15. The average molecular weight is 1570 g/mol. The zero-order valence-corrected chi connectivity index (χ0v) is 65.7. The molecule has 14 heterocycles. The number of piperidine rings is 2. The Kier molecular flexibility index (Phi) is 22.1. The van der Waals surface area contributed by atoms with Gasteiger partial charge in [-0.3, -0.25) is 88.4 Å². The SMILES string of the molecule is CC(C)Oc1ccc2[nH]nc(-c3cc(N4CCN(CCN5CC6(CNC6)C5)[C@@H](C)C4)ncn3)c2c1.CC(C)Oc1ccc2c(c1)C(c1cc(N3CCN(CCN4CC5(CN(CCOc6ccc7c(c6)C(=O)N(C6CCC(=O)NC6=O)C7=O)C5)C4)[C@@H](C)C3)ncn1)=NC2.O=CCOc1ccc2c(c1)C(=O)N(C1CCC(=O)NC1=O)C2=O. The lowest BCUT2D eigenvalue weighted by atomic mass is 9.73. The summed E-state index contributed by atoms with van der Waals surface area (Å²) in [5, 5.41) is 16.5. The van der Waals surface area contributed by atoms with Gasteiger partial charge in [0, 0.05) is 183 Å². The van der Waals surface area contributed by atoms with Crippen LogP contribution in [0, 0.1) is 10.8 Å². The monoisotopic (exact) mass is 1570 g/mol. The summed E-state index contributed by atoms with van der Waals surface area (Å²) in [7, 11) is 0. The highest BCUT2D eigenvalue weighted by atomic mass is 16.5. The number of aliphatic imine (C=N–C) groups is 1. The molecule has 32 nitrogen and oxygen atoms in total. The Labute approximate surface area is 665 Å². The lowest BCUT2D eigenvalue weighted by Gasteiger charge is -2.60. The molecule has 0 bridgehead atoms. The van der Waals surface area contributed by atoms with E-state index in [-0.39, 0.29) is 72.5 Å². The molecule has 11 aliphatic rings. The van der Waals surface area contributed by atoms with Gasteiger partial charge in [-0.2, -0.15) is 5.10 Å². The summed E-state index contributed by atoms with van der Waals surface area (Å²) in [6.45, 7) is 34.0. The smallest absolute Gasteiger partial charge is 0.262 e. The molecule has 4 aromatic carbocycles. The van der Waals surface area contributed by atoms with Crippen LogP contribution in [0.2, 0.25) is 0 Å². The van der Waals surface area contributed by atoms with E-state index in [9.17, 15) is 43.2 Å². The summed E-state index contributed by atoms with van der Waals surface area (Å²) in [5.41, 5.74) is 8.39. The van der Waals surface area contributed by atoms with Crippen molar-refractivity contribution in [2.45, 2.75) is 110 Å². The van der Waals surface area contributed by atoms with Gasteiger partial charge < -0.3 is 43.9 Å². The molecular formula is C83H97N19O13. The summed E-state index contributed by atoms with van der Waals surface area (Å²) in [5.74, 6) is 0.0489. The van der Waals surface area contributed by atoms with Crippen LogP contribution in [-0.4, -0.2) is 298 Å². The standard InChI is InChI=1S/C42H49N9O6.C26H36N8O.C15H12N2O6/c1-26(2)57-30-5-4-28-19-43-38(32(28)17-30)34-18-36(45-25-44-34)50-13-12-49(27(3)20-50)11-10-47-21-42(22-47)23-48(24-42)14-15-56-29-6-7-31-33(16-29)41(55)51(40(31)54)35-8-9-37(52)46-39(35)53;1-18(2)35-20-4-5-22-21(10-20)25(31-30-22)23-11-24(29-17-28-23)34-9-8-33(19(3)12-34)7-6-32-15-26(16-32)13-27-14-26;18-5-6-23-8-1-2-9-10(7-8)15(22)17(14(9)21)11-3-4-12(19)16-13(11)20/h4-7,16-18,25-27,35H,8-15,19-24H2,1-3H3,(H,46,52,53);4-5,10-11,17-19,27H,6-9,12-16H2,1-3H3,(H,30,31);1-2,5,7,11H,3-4,6H2,(H,16,19,20)/t27-,35?;19-;/m00./s1. The molecule has 0 aliphatic carbocycles. The molecular weight excluding hydrogens is 1470 g/mol. The molecule has 4 atom stereocenters. The van der Waals surface area contributed by atoms with Crippen LogP contribution in [0.4, 0.5) is 11.6 Å². The van der Waals surface area contributed by atoms with Crippen LogP contribution in [0.25, 0.3) is 22.3 Å². The summed E-state index contributed by atoms with van der Waals surface area (Å²) >= 11 is 0. The number of fused-ring (bicyclic) bond motifs is 4. The number of hydrogen-bond donors (Lipinski definition) is 4. The minimum Gasteiger partial charge on any atom is -0.492 e. The van der Waals surface area contributed by atoms with Crippen molar-refractivity contribution in [2.24, 2.45) is 15.8 Å². The van der Waals surface area contributed by atoms with Gasteiger partial charge in [0.2, 0.25) is 23.6 Å². The van der Waals surface area contributed by atoms with Crippen LogP contribution in [0.3, 0.4) is 0 Å². The predicted octanol–water partition coefficient (Wildman–Crippen LogP) is 4.11. The van der Waals surface area contributed by atoms with Gasteiger partial charge in [0.15, 0.2) is 6.29 Å². The maximum atomic E-state index is 13.1. The van der Waals surface area contributed by atoms with E-state index >= 15 is 0 Å².